The van der Waals surface area contributed by atoms with Crippen molar-refractivity contribution in [1.82, 2.24) is 4.90 Å². The van der Waals surface area contributed by atoms with E-state index in [1.54, 1.807) is 48.6 Å². The molecule has 1 amide bonds. The molecule has 0 aliphatic rings. The second kappa shape index (κ2) is 5.96. The minimum atomic E-state index is -0.0954. The molecule has 0 spiro atoms. The fraction of sp³-hybridized carbons (Fsp3) is 0.267. The summed E-state index contributed by atoms with van der Waals surface area (Å²) in [5.41, 5.74) is 8.00. The lowest BCUT2D eigenvalue weighted by atomic mass is 10.1. The second-order valence-electron chi connectivity index (χ2n) is 4.65. The van der Waals surface area contributed by atoms with Crippen molar-refractivity contribution in [2.75, 3.05) is 19.9 Å². The lowest BCUT2D eigenvalue weighted by Gasteiger charge is -2.18. The molecule has 2 N–H and O–H groups in total. The molecule has 0 radical (unpaired) electrons. The van der Waals surface area contributed by atoms with Gasteiger partial charge in [0.2, 0.25) is 0 Å². The Labute approximate surface area is 122 Å². The Balaban J connectivity index is 2.22. The summed E-state index contributed by atoms with van der Waals surface area (Å²) in [5, 5.41) is 2.03. The first-order valence-corrected chi connectivity index (χ1v) is 7.13. The van der Waals surface area contributed by atoms with E-state index >= 15 is 0 Å². The zero-order valence-corrected chi connectivity index (χ0v) is 12.7. The van der Waals surface area contributed by atoms with Gasteiger partial charge in [0.1, 0.15) is 5.75 Å². The van der Waals surface area contributed by atoms with Crippen molar-refractivity contribution >= 4 is 22.9 Å². The smallest absolute Gasteiger partial charge is 0.257 e. The van der Waals surface area contributed by atoms with Gasteiger partial charge in [-0.25, -0.2) is 0 Å². The summed E-state index contributed by atoms with van der Waals surface area (Å²) in [4.78, 5) is 15.4. The number of amides is 1. The number of aryl methyl sites for hydroxylation is 1. The first-order chi connectivity index (χ1) is 9.52. The number of anilines is 1. The third kappa shape index (κ3) is 2.93. The van der Waals surface area contributed by atoms with Crippen LogP contribution in [0.5, 0.6) is 5.75 Å². The molecule has 0 bridgehead atoms. The number of hydrogen-bond donors (Lipinski definition) is 1. The molecule has 2 rings (SSSR count). The number of carbonyl (C=O) groups excluding carboxylic acids is 1. The lowest BCUT2D eigenvalue weighted by Crippen LogP contribution is -2.26. The van der Waals surface area contributed by atoms with Crippen LogP contribution >= 0.6 is 11.3 Å². The Morgan fingerprint density at radius 3 is 2.75 bits per heavy atom. The number of rotatable bonds is 4. The summed E-state index contributed by atoms with van der Waals surface area (Å²) in [6.45, 7) is 2.63. The molecule has 106 valence electrons. The van der Waals surface area contributed by atoms with Crippen LogP contribution < -0.4 is 10.5 Å². The molecule has 5 heteroatoms. The molecule has 0 fully saturated rings. The molecule has 0 atom stereocenters. The van der Waals surface area contributed by atoms with Gasteiger partial charge in [-0.3, -0.25) is 4.79 Å². The van der Waals surface area contributed by atoms with Crippen LogP contribution in [-0.2, 0) is 6.54 Å². The van der Waals surface area contributed by atoms with E-state index in [1.807, 2.05) is 12.3 Å². The molecule has 20 heavy (non-hydrogen) atoms. The Kier molecular flexibility index (Phi) is 4.29. The molecule has 0 saturated carbocycles. The average Bonchev–Trinajstić information content (AvgIpc) is 2.83. The van der Waals surface area contributed by atoms with E-state index in [1.165, 1.54) is 10.4 Å². The van der Waals surface area contributed by atoms with Gasteiger partial charge < -0.3 is 15.4 Å². The summed E-state index contributed by atoms with van der Waals surface area (Å²) >= 11 is 1.65. The number of thiophene rings is 1. The van der Waals surface area contributed by atoms with Gasteiger partial charge >= 0.3 is 0 Å². The topological polar surface area (TPSA) is 55.6 Å². The molecule has 0 aliphatic heterocycles. The van der Waals surface area contributed by atoms with Gasteiger partial charge in [-0.05, 0) is 42.1 Å². The number of methoxy groups -OCH3 is 1. The highest BCUT2D eigenvalue weighted by Gasteiger charge is 2.18. The quantitative estimate of drug-likeness (QED) is 0.881. The van der Waals surface area contributed by atoms with E-state index in [0.717, 1.165) is 0 Å². The SMILES string of the molecule is COc1ccc(N)cc1C(=O)N(C)Cc1sccc1C. The molecule has 1 aromatic carbocycles. The predicted octanol–water partition coefficient (Wildman–Crippen LogP) is 2.92. The molecule has 1 aromatic heterocycles. The van der Waals surface area contributed by atoms with E-state index < -0.39 is 0 Å². The summed E-state index contributed by atoms with van der Waals surface area (Å²) in [6, 6.07) is 7.14. The maximum atomic E-state index is 12.5. The van der Waals surface area contributed by atoms with Crippen LogP contribution in [0.2, 0.25) is 0 Å². The molecule has 1 heterocycles. The van der Waals surface area contributed by atoms with E-state index in [4.69, 9.17) is 10.5 Å². The maximum absolute atomic E-state index is 12.5. The van der Waals surface area contributed by atoms with Crippen LogP contribution in [0.25, 0.3) is 0 Å². The van der Waals surface area contributed by atoms with E-state index in [9.17, 15) is 4.79 Å². The van der Waals surface area contributed by atoms with Crippen molar-refractivity contribution in [1.29, 1.82) is 0 Å². The van der Waals surface area contributed by atoms with Gasteiger partial charge in [0.25, 0.3) is 5.91 Å². The Morgan fingerprint density at radius 2 is 2.15 bits per heavy atom. The number of hydrogen-bond acceptors (Lipinski definition) is 4. The molecular formula is C15H18N2O2S. The highest BCUT2D eigenvalue weighted by molar-refractivity contribution is 7.10. The fourth-order valence-corrected chi connectivity index (χ4v) is 2.91. The fourth-order valence-electron chi connectivity index (χ4n) is 1.95. The number of ether oxygens (including phenoxy) is 1. The van der Waals surface area contributed by atoms with E-state index in [0.29, 0.717) is 23.5 Å². The minimum Gasteiger partial charge on any atom is -0.496 e. The Hall–Kier alpha value is -2.01. The zero-order valence-electron chi connectivity index (χ0n) is 11.8. The summed E-state index contributed by atoms with van der Waals surface area (Å²) in [5.74, 6) is 0.445. The van der Waals surface area contributed by atoms with Gasteiger partial charge in [-0.15, -0.1) is 11.3 Å². The normalized spacial score (nSPS) is 10.3. The van der Waals surface area contributed by atoms with Crippen molar-refractivity contribution in [3.05, 3.63) is 45.6 Å². The third-order valence-corrected chi connectivity index (χ3v) is 4.16. The largest absolute Gasteiger partial charge is 0.496 e. The maximum Gasteiger partial charge on any atom is 0.257 e. The summed E-state index contributed by atoms with van der Waals surface area (Å²) in [6.07, 6.45) is 0. The molecule has 2 aromatic rings. The van der Waals surface area contributed by atoms with Gasteiger partial charge in [-0.2, -0.15) is 0 Å². The number of carbonyl (C=O) groups is 1. The molecular weight excluding hydrogens is 272 g/mol. The van der Waals surface area contributed by atoms with Crippen LogP contribution in [0, 0.1) is 6.92 Å². The standard InChI is InChI=1S/C15H18N2O2S/c1-10-6-7-20-14(10)9-17(2)15(18)12-8-11(16)4-5-13(12)19-3/h4-8H,9,16H2,1-3H3. The highest BCUT2D eigenvalue weighted by Crippen LogP contribution is 2.24. The van der Waals surface area contributed by atoms with Gasteiger partial charge in [-0.1, -0.05) is 0 Å². The Bertz CT molecular complexity index is 622. The second-order valence-corrected chi connectivity index (χ2v) is 5.65. The molecule has 4 nitrogen and oxygen atoms in total. The van der Waals surface area contributed by atoms with Crippen molar-refractivity contribution in [3.63, 3.8) is 0 Å². The first kappa shape index (κ1) is 14.4. The van der Waals surface area contributed by atoms with Gasteiger partial charge in [0.15, 0.2) is 0 Å². The number of benzene rings is 1. The predicted molar refractivity (Wildman–Crippen MR) is 82.3 cm³/mol. The van der Waals surface area contributed by atoms with Crippen molar-refractivity contribution < 1.29 is 9.53 Å². The first-order valence-electron chi connectivity index (χ1n) is 6.25. The molecule has 0 saturated heterocycles. The Morgan fingerprint density at radius 1 is 1.40 bits per heavy atom. The van der Waals surface area contributed by atoms with Crippen molar-refractivity contribution in [2.24, 2.45) is 0 Å². The highest BCUT2D eigenvalue weighted by atomic mass is 32.1. The van der Waals surface area contributed by atoms with Crippen LogP contribution in [0.3, 0.4) is 0 Å². The van der Waals surface area contributed by atoms with Crippen LogP contribution in [0.15, 0.2) is 29.6 Å². The van der Waals surface area contributed by atoms with Crippen LogP contribution in [0.4, 0.5) is 5.69 Å². The van der Waals surface area contributed by atoms with Crippen molar-refractivity contribution in [3.8, 4) is 5.75 Å². The monoisotopic (exact) mass is 290 g/mol. The van der Waals surface area contributed by atoms with E-state index in [-0.39, 0.29) is 5.91 Å². The van der Waals surface area contributed by atoms with Crippen LogP contribution in [-0.4, -0.2) is 25.0 Å². The van der Waals surface area contributed by atoms with E-state index in [2.05, 4.69) is 6.07 Å². The molecule has 0 unspecified atom stereocenters. The minimum absolute atomic E-state index is 0.0954. The average molecular weight is 290 g/mol. The van der Waals surface area contributed by atoms with Crippen molar-refractivity contribution in [2.45, 2.75) is 13.5 Å². The summed E-state index contributed by atoms with van der Waals surface area (Å²) < 4.78 is 5.23. The number of nitrogen functional groups attached to an aromatic ring is 1. The summed E-state index contributed by atoms with van der Waals surface area (Å²) in [7, 11) is 3.33. The number of nitrogens with two attached hydrogens (primary N) is 1. The number of nitrogens with zero attached hydrogens (tertiary/aromatic N) is 1. The van der Waals surface area contributed by atoms with Gasteiger partial charge in [0.05, 0.1) is 19.2 Å². The van der Waals surface area contributed by atoms with Gasteiger partial charge in [0, 0.05) is 17.6 Å². The molecule has 0 aliphatic carbocycles. The third-order valence-electron chi connectivity index (χ3n) is 3.15. The van der Waals surface area contributed by atoms with Crippen LogP contribution in [0.1, 0.15) is 20.8 Å². The zero-order chi connectivity index (χ0) is 14.7. The lowest BCUT2D eigenvalue weighted by molar-refractivity contribution is 0.0783.